The lowest BCUT2D eigenvalue weighted by Gasteiger charge is -2.14. The van der Waals surface area contributed by atoms with E-state index in [-0.39, 0.29) is 0 Å². The van der Waals surface area contributed by atoms with Gasteiger partial charge < -0.3 is 0 Å². The standard InChI is InChI=1S/C17H14S/c1-2-6-14(7-3-1)10-11-15-12-13-18-17-9-5-4-8-16(15)17/h1-12H,13H2. The Morgan fingerprint density at radius 2 is 1.61 bits per heavy atom. The van der Waals surface area contributed by atoms with Crippen LogP contribution in [0.4, 0.5) is 0 Å². The molecule has 18 heavy (non-hydrogen) atoms. The monoisotopic (exact) mass is 250 g/mol. The van der Waals surface area contributed by atoms with Crippen molar-refractivity contribution < 1.29 is 0 Å². The maximum absolute atomic E-state index is 2.30. The van der Waals surface area contributed by atoms with E-state index in [1.165, 1.54) is 21.6 Å². The molecule has 0 radical (unpaired) electrons. The molecule has 0 aromatic heterocycles. The van der Waals surface area contributed by atoms with Crippen molar-refractivity contribution >= 4 is 23.4 Å². The van der Waals surface area contributed by atoms with Gasteiger partial charge in [-0.25, -0.2) is 0 Å². The first-order chi connectivity index (χ1) is 8.93. The van der Waals surface area contributed by atoms with Crippen molar-refractivity contribution in [1.82, 2.24) is 0 Å². The van der Waals surface area contributed by atoms with Crippen molar-refractivity contribution in [3.8, 4) is 0 Å². The number of thioether (sulfide) groups is 1. The van der Waals surface area contributed by atoms with E-state index in [2.05, 4.69) is 66.8 Å². The second kappa shape index (κ2) is 5.28. The van der Waals surface area contributed by atoms with E-state index in [0.29, 0.717) is 0 Å². The van der Waals surface area contributed by atoms with E-state index in [1.807, 2.05) is 17.8 Å². The smallest absolute Gasteiger partial charge is 0.0170 e. The largest absolute Gasteiger partial charge is 0.121 e. The first kappa shape index (κ1) is 11.4. The third-order valence-corrected chi connectivity index (χ3v) is 4.00. The second-order valence-corrected chi connectivity index (χ2v) is 5.27. The number of hydrogen-bond acceptors (Lipinski definition) is 1. The molecule has 0 saturated carbocycles. The summed E-state index contributed by atoms with van der Waals surface area (Å²) >= 11 is 1.90. The predicted molar refractivity (Wildman–Crippen MR) is 80.6 cm³/mol. The number of fused-ring (bicyclic) bond motifs is 1. The van der Waals surface area contributed by atoms with E-state index in [9.17, 15) is 0 Å². The molecule has 0 N–H and O–H groups in total. The van der Waals surface area contributed by atoms with Crippen LogP contribution in [-0.4, -0.2) is 5.75 Å². The third-order valence-electron chi connectivity index (χ3n) is 3.00. The highest BCUT2D eigenvalue weighted by atomic mass is 32.2. The Kier molecular flexibility index (Phi) is 3.33. The minimum atomic E-state index is 1.06. The molecule has 0 spiro atoms. The fourth-order valence-electron chi connectivity index (χ4n) is 2.07. The molecule has 1 aliphatic rings. The van der Waals surface area contributed by atoms with Gasteiger partial charge in [-0.3, -0.25) is 0 Å². The third kappa shape index (κ3) is 2.41. The molecule has 3 rings (SSSR count). The van der Waals surface area contributed by atoms with E-state index < -0.39 is 0 Å². The van der Waals surface area contributed by atoms with Crippen LogP contribution in [0.15, 0.2) is 71.6 Å². The fourth-order valence-corrected chi connectivity index (χ4v) is 3.03. The molecular weight excluding hydrogens is 236 g/mol. The maximum atomic E-state index is 2.30. The van der Waals surface area contributed by atoms with Crippen LogP contribution in [0.3, 0.4) is 0 Å². The lowest BCUT2D eigenvalue weighted by atomic mass is 10.0. The average molecular weight is 250 g/mol. The molecule has 2 aromatic rings. The molecule has 1 heteroatoms. The Balaban J connectivity index is 1.90. The van der Waals surface area contributed by atoms with E-state index in [1.54, 1.807) is 0 Å². The Morgan fingerprint density at radius 1 is 0.833 bits per heavy atom. The van der Waals surface area contributed by atoms with Crippen LogP contribution in [0.1, 0.15) is 11.1 Å². The van der Waals surface area contributed by atoms with Crippen LogP contribution < -0.4 is 0 Å². The van der Waals surface area contributed by atoms with E-state index >= 15 is 0 Å². The summed E-state index contributed by atoms with van der Waals surface area (Å²) in [6, 6.07) is 19.0. The lowest BCUT2D eigenvalue weighted by Crippen LogP contribution is -1.92. The maximum Gasteiger partial charge on any atom is 0.0170 e. The van der Waals surface area contributed by atoms with Gasteiger partial charge in [0, 0.05) is 10.6 Å². The summed E-state index contributed by atoms with van der Waals surface area (Å²) < 4.78 is 0. The Labute approximate surface area is 112 Å². The number of hydrogen-bond donors (Lipinski definition) is 0. The molecule has 0 saturated heterocycles. The summed E-state index contributed by atoms with van der Waals surface area (Å²) in [6.07, 6.45) is 6.69. The molecule has 88 valence electrons. The van der Waals surface area contributed by atoms with Crippen LogP contribution >= 0.6 is 11.8 Å². The molecule has 0 aliphatic carbocycles. The van der Waals surface area contributed by atoms with Crippen LogP contribution in [0.2, 0.25) is 0 Å². The molecule has 0 bridgehead atoms. The van der Waals surface area contributed by atoms with Crippen LogP contribution in [0.25, 0.3) is 11.6 Å². The normalized spacial score (nSPS) is 14.3. The number of benzene rings is 2. The molecule has 1 heterocycles. The van der Waals surface area contributed by atoms with Crippen LogP contribution in [-0.2, 0) is 0 Å². The Bertz CT molecular complexity index is 594. The molecule has 2 aromatic carbocycles. The van der Waals surface area contributed by atoms with Gasteiger partial charge in [0.1, 0.15) is 0 Å². The Hall–Kier alpha value is -1.73. The van der Waals surface area contributed by atoms with Gasteiger partial charge in [0.2, 0.25) is 0 Å². The second-order valence-electron chi connectivity index (χ2n) is 4.21. The minimum Gasteiger partial charge on any atom is -0.121 e. The van der Waals surface area contributed by atoms with Gasteiger partial charge in [0.05, 0.1) is 0 Å². The first-order valence-electron chi connectivity index (χ1n) is 6.09. The van der Waals surface area contributed by atoms with Crippen LogP contribution in [0, 0.1) is 0 Å². The number of allylic oxidation sites excluding steroid dienone is 2. The molecular formula is C17H14S. The molecule has 0 unspecified atom stereocenters. The highest BCUT2D eigenvalue weighted by Crippen LogP contribution is 2.33. The zero-order valence-corrected chi connectivity index (χ0v) is 10.9. The molecule has 0 nitrogen and oxygen atoms in total. The minimum absolute atomic E-state index is 1.06. The highest BCUT2D eigenvalue weighted by molar-refractivity contribution is 7.99. The summed E-state index contributed by atoms with van der Waals surface area (Å²) in [4.78, 5) is 1.38. The molecule has 0 fully saturated rings. The van der Waals surface area contributed by atoms with Crippen molar-refractivity contribution in [2.75, 3.05) is 5.75 Å². The van der Waals surface area contributed by atoms with Gasteiger partial charge in [-0.1, -0.05) is 66.8 Å². The topological polar surface area (TPSA) is 0 Å². The van der Waals surface area contributed by atoms with Gasteiger partial charge in [-0.2, -0.15) is 0 Å². The van der Waals surface area contributed by atoms with Crippen LogP contribution in [0.5, 0.6) is 0 Å². The van der Waals surface area contributed by atoms with Crippen molar-refractivity contribution in [2.45, 2.75) is 4.90 Å². The summed E-state index contributed by atoms with van der Waals surface area (Å²) in [5, 5.41) is 0. The SMILES string of the molecule is C(=Cc1ccccc1)C1=CCSc2ccccc21. The predicted octanol–water partition coefficient (Wildman–Crippen LogP) is 4.89. The van der Waals surface area contributed by atoms with Crippen molar-refractivity contribution in [2.24, 2.45) is 0 Å². The van der Waals surface area contributed by atoms with Gasteiger partial charge in [-0.15, -0.1) is 11.8 Å². The van der Waals surface area contributed by atoms with Crippen molar-refractivity contribution in [3.05, 3.63) is 77.9 Å². The average Bonchev–Trinajstić information content (AvgIpc) is 2.46. The zero-order chi connectivity index (χ0) is 12.2. The van der Waals surface area contributed by atoms with Gasteiger partial charge in [0.25, 0.3) is 0 Å². The number of rotatable bonds is 2. The first-order valence-corrected chi connectivity index (χ1v) is 7.07. The summed E-state index contributed by atoms with van der Waals surface area (Å²) in [6.45, 7) is 0. The van der Waals surface area contributed by atoms with Gasteiger partial charge in [0.15, 0.2) is 0 Å². The van der Waals surface area contributed by atoms with Crippen molar-refractivity contribution in [3.63, 3.8) is 0 Å². The van der Waals surface area contributed by atoms with E-state index in [0.717, 1.165) is 5.75 Å². The summed E-state index contributed by atoms with van der Waals surface area (Å²) in [5.74, 6) is 1.06. The lowest BCUT2D eigenvalue weighted by molar-refractivity contribution is 1.38. The van der Waals surface area contributed by atoms with Gasteiger partial charge >= 0.3 is 0 Å². The molecule has 1 aliphatic heterocycles. The van der Waals surface area contributed by atoms with Gasteiger partial charge in [-0.05, 0) is 22.8 Å². The van der Waals surface area contributed by atoms with Crippen molar-refractivity contribution in [1.29, 1.82) is 0 Å². The Morgan fingerprint density at radius 3 is 2.50 bits per heavy atom. The molecule has 0 atom stereocenters. The highest BCUT2D eigenvalue weighted by Gasteiger charge is 2.09. The van der Waals surface area contributed by atoms with E-state index in [4.69, 9.17) is 0 Å². The zero-order valence-electron chi connectivity index (χ0n) is 10.0. The summed E-state index contributed by atoms with van der Waals surface area (Å²) in [5.41, 5.74) is 3.92. The molecule has 0 amide bonds. The fraction of sp³-hybridized carbons (Fsp3) is 0.0588. The summed E-state index contributed by atoms with van der Waals surface area (Å²) in [7, 11) is 0. The quantitative estimate of drug-likeness (QED) is 0.731.